The van der Waals surface area contributed by atoms with Crippen LogP contribution >= 0.6 is 0 Å². The maximum atomic E-state index is 7.00. The third-order valence-electron chi connectivity index (χ3n) is 3.55. The first-order chi connectivity index (χ1) is 8.85. The zero-order chi connectivity index (χ0) is 13.9. The summed E-state index contributed by atoms with van der Waals surface area (Å²) < 4.78 is 11.5. The van der Waals surface area contributed by atoms with Gasteiger partial charge in [-0.3, -0.25) is 0 Å². The fraction of sp³-hybridized carbons (Fsp3) is 1.00. The smallest absolute Gasteiger partial charge is 0.168 e. The molecule has 1 heterocycles. The molecule has 2 aliphatic rings. The van der Waals surface area contributed by atoms with Crippen LogP contribution in [0, 0.1) is 5.92 Å². The van der Waals surface area contributed by atoms with Crippen molar-refractivity contribution in [3.63, 3.8) is 0 Å². The van der Waals surface area contributed by atoms with E-state index in [9.17, 15) is 0 Å². The van der Waals surface area contributed by atoms with Crippen LogP contribution in [0.5, 0.6) is 0 Å². The molecule has 0 aromatic heterocycles. The van der Waals surface area contributed by atoms with Gasteiger partial charge in [-0.15, -0.1) is 0 Å². The summed E-state index contributed by atoms with van der Waals surface area (Å²) in [6, 6.07) is 0. The van der Waals surface area contributed by atoms with E-state index in [1.54, 1.807) is 0 Å². The summed E-state index contributed by atoms with van der Waals surface area (Å²) in [6.45, 7) is 7.88. The molecule has 110 valence electrons. The van der Waals surface area contributed by atoms with E-state index < -0.39 is 0 Å². The molecule has 18 heavy (non-hydrogen) atoms. The Kier molecular flexibility index (Phi) is 10.7. The molecule has 0 bridgehead atoms. The van der Waals surface area contributed by atoms with Crippen LogP contribution in [-0.4, -0.2) is 31.2 Å². The molecule has 0 amide bonds. The van der Waals surface area contributed by atoms with E-state index in [0.29, 0.717) is 0 Å². The second-order valence-corrected chi connectivity index (χ2v) is 4.71. The van der Waals surface area contributed by atoms with E-state index in [4.69, 9.17) is 14.6 Å². The molecular weight excluding hydrogens is 228 g/mol. The highest BCUT2D eigenvalue weighted by Gasteiger charge is 2.40. The van der Waals surface area contributed by atoms with E-state index in [1.807, 2.05) is 13.8 Å². The van der Waals surface area contributed by atoms with Crippen LogP contribution in [0.4, 0.5) is 0 Å². The molecular formula is C15H32O3. The molecule has 3 nitrogen and oxygen atoms in total. The Labute approximate surface area is 113 Å². The van der Waals surface area contributed by atoms with Crippen molar-refractivity contribution >= 4 is 0 Å². The van der Waals surface area contributed by atoms with Gasteiger partial charge in [-0.2, -0.15) is 0 Å². The highest BCUT2D eigenvalue weighted by molar-refractivity contribution is 4.83. The Morgan fingerprint density at radius 3 is 2.33 bits per heavy atom. The van der Waals surface area contributed by atoms with Crippen LogP contribution in [0.3, 0.4) is 0 Å². The minimum absolute atomic E-state index is 0.156. The lowest BCUT2D eigenvalue weighted by molar-refractivity contribution is -0.187. The second-order valence-electron chi connectivity index (χ2n) is 4.71. The first-order valence-electron chi connectivity index (χ1n) is 7.57. The largest absolute Gasteiger partial charge is 0.400 e. The maximum Gasteiger partial charge on any atom is 0.168 e. The van der Waals surface area contributed by atoms with E-state index in [1.165, 1.54) is 32.1 Å². The van der Waals surface area contributed by atoms with Gasteiger partial charge >= 0.3 is 0 Å². The minimum atomic E-state index is -0.156. The molecule has 1 saturated heterocycles. The molecule has 2 fully saturated rings. The molecule has 3 heteroatoms. The van der Waals surface area contributed by atoms with Gasteiger partial charge in [0.2, 0.25) is 0 Å². The van der Waals surface area contributed by atoms with E-state index >= 15 is 0 Å². The first kappa shape index (κ1) is 17.9. The standard InChI is InChI=1S/C12H22O2.C2H6.CH4O/c1-2-3-5-11-6-4-7-12(10-11)13-8-9-14-12;2*1-2/h11H,2-10H2,1H3;1-2H3;2H,1H3/t11-;;/m1../s1. The lowest BCUT2D eigenvalue weighted by atomic mass is 9.82. The number of unbranched alkanes of at least 4 members (excludes halogenated alkanes) is 1. The topological polar surface area (TPSA) is 38.7 Å². The predicted octanol–water partition coefficient (Wildman–Crippen LogP) is 3.74. The van der Waals surface area contributed by atoms with Gasteiger partial charge in [-0.05, 0) is 12.3 Å². The van der Waals surface area contributed by atoms with Crippen LogP contribution < -0.4 is 0 Å². The van der Waals surface area contributed by atoms with Gasteiger partial charge in [0.1, 0.15) is 0 Å². The summed E-state index contributed by atoms with van der Waals surface area (Å²) in [5.74, 6) is 0.693. The summed E-state index contributed by atoms with van der Waals surface area (Å²) in [4.78, 5) is 0. The fourth-order valence-electron chi connectivity index (χ4n) is 2.80. The average molecular weight is 260 g/mol. The van der Waals surface area contributed by atoms with Gasteiger partial charge in [0.15, 0.2) is 5.79 Å². The Morgan fingerprint density at radius 2 is 1.78 bits per heavy atom. The van der Waals surface area contributed by atoms with Crippen molar-refractivity contribution in [3.05, 3.63) is 0 Å². The highest BCUT2D eigenvalue weighted by Crippen LogP contribution is 2.40. The number of ether oxygens (including phenoxy) is 2. The Bertz CT molecular complexity index is 177. The molecule has 1 spiro atoms. The fourth-order valence-corrected chi connectivity index (χ4v) is 2.80. The summed E-state index contributed by atoms with van der Waals surface area (Å²) in [6.07, 6.45) is 8.97. The monoisotopic (exact) mass is 260 g/mol. The quantitative estimate of drug-likeness (QED) is 0.840. The molecule has 0 unspecified atom stereocenters. The van der Waals surface area contributed by atoms with Gasteiger partial charge in [0.25, 0.3) is 0 Å². The normalized spacial score (nSPS) is 24.8. The SMILES string of the molecule is CC.CCCC[C@@H]1CCCC2(C1)OCCO2.CO. The van der Waals surface area contributed by atoms with Crippen LogP contribution in [0.25, 0.3) is 0 Å². The molecule has 1 atom stereocenters. The summed E-state index contributed by atoms with van der Waals surface area (Å²) >= 11 is 0. The molecule has 0 aromatic carbocycles. The van der Waals surface area contributed by atoms with Gasteiger partial charge in [-0.25, -0.2) is 0 Å². The average Bonchev–Trinajstić information content (AvgIpc) is 2.89. The zero-order valence-corrected chi connectivity index (χ0v) is 12.7. The number of aliphatic hydroxyl groups excluding tert-OH is 1. The molecule has 0 radical (unpaired) electrons. The molecule has 2 rings (SSSR count). The molecule has 1 saturated carbocycles. The maximum absolute atomic E-state index is 7.00. The van der Waals surface area contributed by atoms with Crippen molar-refractivity contribution in [2.75, 3.05) is 20.3 Å². The minimum Gasteiger partial charge on any atom is -0.400 e. The molecule has 0 aromatic rings. The van der Waals surface area contributed by atoms with Crippen LogP contribution in [0.2, 0.25) is 0 Å². The number of hydrogen-bond donors (Lipinski definition) is 1. The van der Waals surface area contributed by atoms with Gasteiger partial charge in [0, 0.05) is 20.0 Å². The van der Waals surface area contributed by atoms with Crippen LogP contribution in [0.15, 0.2) is 0 Å². The summed E-state index contributed by atoms with van der Waals surface area (Å²) in [5, 5.41) is 7.00. The van der Waals surface area contributed by atoms with Crippen molar-refractivity contribution in [1.82, 2.24) is 0 Å². The molecule has 1 aliphatic heterocycles. The highest BCUT2D eigenvalue weighted by atomic mass is 16.7. The molecule has 1 aliphatic carbocycles. The third-order valence-corrected chi connectivity index (χ3v) is 3.55. The second kappa shape index (κ2) is 10.8. The molecule has 1 N–H and O–H groups in total. The van der Waals surface area contributed by atoms with Crippen molar-refractivity contribution < 1.29 is 14.6 Å². The number of hydrogen-bond acceptors (Lipinski definition) is 3. The Hall–Kier alpha value is -0.120. The van der Waals surface area contributed by atoms with Crippen molar-refractivity contribution in [2.24, 2.45) is 5.92 Å². The lowest BCUT2D eigenvalue weighted by Crippen LogP contribution is -2.36. The van der Waals surface area contributed by atoms with Crippen LogP contribution in [0.1, 0.15) is 65.7 Å². The van der Waals surface area contributed by atoms with Crippen LogP contribution in [-0.2, 0) is 9.47 Å². The summed E-state index contributed by atoms with van der Waals surface area (Å²) in [5.41, 5.74) is 0. The number of aliphatic hydroxyl groups is 1. The van der Waals surface area contributed by atoms with E-state index in [-0.39, 0.29) is 5.79 Å². The third kappa shape index (κ3) is 5.68. The number of rotatable bonds is 3. The summed E-state index contributed by atoms with van der Waals surface area (Å²) in [7, 11) is 1.00. The van der Waals surface area contributed by atoms with Gasteiger partial charge in [0.05, 0.1) is 13.2 Å². The van der Waals surface area contributed by atoms with Gasteiger partial charge in [-0.1, -0.05) is 46.5 Å². The van der Waals surface area contributed by atoms with Crippen molar-refractivity contribution in [1.29, 1.82) is 0 Å². The van der Waals surface area contributed by atoms with Gasteiger partial charge < -0.3 is 14.6 Å². The Morgan fingerprint density at radius 1 is 1.17 bits per heavy atom. The van der Waals surface area contributed by atoms with E-state index in [0.717, 1.165) is 39.1 Å². The first-order valence-corrected chi connectivity index (χ1v) is 7.57. The van der Waals surface area contributed by atoms with E-state index in [2.05, 4.69) is 6.92 Å². The predicted molar refractivity (Wildman–Crippen MR) is 75.6 cm³/mol. The Balaban J connectivity index is 0.000000659. The van der Waals surface area contributed by atoms with Crippen molar-refractivity contribution in [3.8, 4) is 0 Å². The van der Waals surface area contributed by atoms with Crippen molar-refractivity contribution in [2.45, 2.75) is 71.5 Å². The lowest BCUT2D eigenvalue weighted by Gasteiger charge is -2.36. The zero-order valence-electron chi connectivity index (χ0n) is 12.7.